The second-order valence-electron chi connectivity index (χ2n) is 8.38. The molecule has 4 aromatic rings. The second kappa shape index (κ2) is 8.83. The summed E-state index contributed by atoms with van der Waals surface area (Å²) in [5, 5.41) is 1.08. The molecule has 0 bridgehead atoms. The van der Waals surface area contributed by atoms with Crippen LogP contribution >= 0.6 is 0 Å². The van der Waals surface area contributed by atoms with Crippen LogP contribution in [0.2, 0.25) is 0 Å². The van der Waals surface area contributed by atoms with Crippen molar-refractivity contribution in [2.45, 2.75) is 25.9 Å². The average Bonchev–Trinajstić information content (AvgIpc) is 2.85. The second-order valence-corrected chi connectivity index (χ2v) is 8.38. The number of benzene rings is 3. The quantitative estimate of drug-likeness (QED) is 0.412. The van der Waals surface area contributed by atoms with E-state index in [1.807, 2.05) is 59.5 Å². The number of piperidine rings is 1. The first-order valence-electron chi connectivity index (χ1n) is 11.1. The van der Waals surface area contributed by atoms with Gasteiger partial charge in [0.1, 0.15) is 17.4 Å². The summed E-state index contributed by atoms with van der Waals surface area (Å²) in [6.07, 6.45) is 3.52. The third-order valence-corrected chi connectivity index (χ3v) is 6.14. The molecule has 1 aliphatic heterocycles. The highest BCUT2D eigenvalue weighted by Gasteiger charge is 2.25. The van der Waals surface area contributed by atoms with E-state index in [0.29, 0.717) is 13.1 Å². The molecule has 32 heavy (non-hydrogen) atoms. The number of aryl methyl sites for hydroxylation is 1. The van der Waals surface area contributed by atoms with Gasteiger partial charge in [-0.15, -0.1) is 0 Å². The van der Waals surface area contributed by atoms with Crippen LogP contribution in [0.15, 0.2) is 85.1 Å². The maximum Gasteiger partial charge on any atom is 0.253 e. The smallest absolute Gasteiger partial charge is 0.253 e. The zero-order chi connectivity index (χ0) is 21.9. The number of amides is 1. The van der Waals surface area contributed by atoms with Gasteiger partial charge in [0.2, 0.25) is 0 Å². The molecule has 0 spiro atoms. The SMILES string of the molecule is Cc1ccc(-c2ccc(C(=O)N3CCC(Oc4cccc5cccnc45)CC3)cc2)cc1. The van der Waals surface area contributed by atoms with Crippen LogP contribution < -0.4 is 4.74 Å². The minimum Gasteiger partial charge on any atom is -0.488 e. The number of pyridine rings is 1. The van der Waals surface area contributed by atoms with E-state index in [9.17, 15) is 4.79 Å². The number of aromatic nitrogens is 1. The van der Waals surface area contributed by atoms with E-state index in [1.54, 1.807) is 6.20 Å². The first-order valence-corrected chi connectivity index (χ1v) is 11.1. The summed E-state index contributed by atoms with van der Waals surface area (Å²) in [6, 6.07) is 26.4. The molecule has 5 rings (SSSR count). The summed E-state index contributed by atoms with van der Waals surface area (Å²) in [5.41, 5.74) is 5.15. The first kappa shape index (κ1) is 20.3. The number of fused-ring (bicyclic) bond motifs is 1. The van der Waals surface area contributed by atoms with Crippen molar-refractivity contribution in [2.75, 3.05) is 13.1 Å². The van der Waals surface area contributed by atoms with Crippen molar-refractivity contribution in [3.63, 3.8) is 0 Å². The molecular formula is C28H26N2O2. The van der Waals surface area contributed by atoms with Crippen LogP contribution in [0.3, 0.4) is 0 Å². The van der Waals surface area contributed by atoms with E-state index in [4.69, 9.17) is 4.74 Å². The summed E-state index contributed by atoms with van der Waals surface area (Å²) >= 11 is 0. The third kappa shape index (κ3) is 4.22. The minimum absolute atomic E-state index is 0.0886. The maximum absolute atomic E-state index is 13.0. The molecule has 4 nitrogen and oxygen atoms in total. The lowest BCUT2D eigenvalue weighted by Gasteiger charge is -2.32. The minimum atomic E-state index is 0.0886. The van der Waals surface area contributed by atoms with Crippen molar-refractivity contribution in [1.29, 1.82) is 0 Å². The van der Waals surface area contributed by atoms with Crippen molar-refractivity contribution in [3.8, 4) is 16.9 Å². The molecule has 1 saturated heterocycles. The number of rotatable bonds is 4. The predicted molar refractivity (Wildman–Crippen MR) is 128 cm³/mol. The van der Waals surface area contributed by atoms with Crippen molar-refractivity contribution in [2.24, 2.45) is 0 Å². The maximum atomic E-state index is 13.0. The highest BCUT2D eigenvalue weighted by atomic mass is 16.5. The number of nitrogens with zero attached hydrogens (tertiary/aromatic N) is 2. The van der Waals surface area contributed by atoms with Gasteiger partial charge in [-0.25, -0.2) is 0 Å². The molecule has 4 heteroatoms. The van der Waals surface area contributed by atoms with Crippen LogP contribution in [0.25, 0.3) is 22.0 Å². The highest BCUT2D eigenvalue weighted by molar-refractivity contribution is 5.94. The average molecular weight is 423 g/mol. The number of hydrogen-bond acceptors (Lipinski definition) is 3. The number of hydrogen-bond donors (Lipinski definition) is 0. The Hall–Kier alpha value is -3.66. The summed E-state index contributed by atoms with van der Waals surface area (Å²) in [4.78, 5) is 19.4. The van der Waals surface area contributed by atoms with Gasteiger partial charge in [0.15, 0.2) is 0 Å². The molecular weight excluding hydrogens is 396 g/mol. The summed E-state index contributed by atoms with van der Waals surface area (Å²) < 4.78 is 6.27. The largest absolute Gasteiger partial charge is 0.488 e. The fourth-order valence-electron chi connectivity index (χ4n) is 4.26. The molecule has 1 fully saturated rings. The standard InChI is InChI=1S/C28H26N2O2/c1-20-7-9-21(10-8-20)22-11-13-24(14-12-22)28(31)30-18-15-25(16-19-30)32-26-6-2-4-23-5-3-17-29-27(23)26/h2-14,17,25H,15-16,18-19H2,1H3. The molecule has 3 aromatic carbocycles. The molecule has 0 N–H and O–H groups in total. The van der Waals surface area contributed by atoms with Gasteiger partial charge in [0.05, 0.1) is 0 Å². The number of carbonyl (C=O) groups excluding carboxylic acids is 1. The van der Waals surface area contributed by atoms with E-state index in [0.717, 1.165) is 46.2 Å². The third-order valence-electron chi connectivity index (χ3n) is 6.14. The molecule has 1 aliphatic rings. The number of para-hydroxylation sites is 1. The Labute approximate surface area is 188 Å². The van der Waals surface area contributed by atoms with Gasteiger partial charge in [-0.1, -0.05) is 60.2 Å². The molecule has 0 radical (unpaired) electrons. The highest BCUT2D eigenvalue weighted by Crippen LogP contribution is 2.27. The normalized spacial score (nSPS) is 14.5. The summed E-state index contributed by atoms with van der Waals surface area (Å²) in [5.74, 6) is 0.908. The fourth-order valence-corrected chi connectivity index (χ4v) is 4.26. The van der Waals surface area contributed by atoms with Crippen LogP contribution in [-0.4, -0.2) is 35.0 Å². The monoisotopic (exact) mass is 422 g/mol. The summed E-state index contributed by atoms with van der Waals surface area (Å²) in [6.45, 7) is 3.47. The van der Waals surface area contributed by atoms with Gasteiger partial charge in [0.25, 0.3) is 5.91 Å². The van der Waals surface area contributed by atoms with Gasteiger partial charge in [-0.05, 0) is 42.3 Å². The lowest BCUT2D eigenvalue weighted by Crippen LogP contribution is -2.41. The molecule has 0 aliphatic carbocycles. The Morgan fingerprint density at radius 2 is 1.53 bits per heavy atom. The molecule has 0 saturated carbocycles. The lowest BCUT2D eigenvalue weighted by molar-refractivity contribution is 0.0597. The lowest BCUT2D eigenvalue weighted by atomic mass is 10.0. The fraction of sp³-hybridized carbons (Fsp3) is 0.214. The van der Waals surface area contributed by atoms with Crippen LogP contribution in [-0.2, 0) is 0 Å². The van der Waals surface area contributed by atoms with E-state index < -0.39 is 0 Å². The zero-order valence-electron chi connectivity index (χ0n) is 18.2. The molecule has 1 aromatic heterocycles. The Balaban J connectivity index is 1.21. The van der Waals surface area contributed by atoms with Crippen LogP contribution in [0.1, 0.15) is 28.8 Å². The van der Waals surface area contributed by atoms with E-state index in [2.05, 4.69) is 36.2 Å². The van der Waals surface area contributed by atoms with Gasteiger partial charge in [-0.3, -0.25) is 9.78 Å². The summed E-state index contributed by atoms with van der Waals surface area (Å²) in [7, 11) is 0. The molecule has 1 amide bonds. The van der Waals surface area contributed by atoms with Crippen LogP contribution in [0, 0.1) is 6.92 Å². The van der Waals surface area contributed by atoms with E-state index in [-0.39, 0.29) is 12.0 Å². The molecule has 160 valence electrons. The molecule has 2 heterocycles. The van der Waals surface area contributed by atoms with Crippen molar-refractivity contribution in [1.82, 2.24) is 9.88 Å². The topological polar surface area (TPSA) is 42.4 Å². The van der Waals surface area contributed by atoms with Crippen molar-refractivity contribution < 1.29 is 9.53 Å². The Morgan fingerprint density at radius 1 is 0.875 bits per heavy atom. The van der Waals surface area contributed by atoms with Gasteiger partial charge in [-0.2, -0.15) is 0 Å². The van der Waals surface area contributed by atoms with Crippen molar-refractivity contribution >= 4 is 16.8 Å². The van der Waals surface area contributed by atoms with E-state index in [1.165, 1.54) is 5.56 Å². The van der Waals surface area contributed by atoms with Gasteiger partial charge >= 0.3 is 0 Å². The number of likely N-dealkylation sites (tertiary alicyclic amines) is 1. The van der Waals surface area contributed by atoms with Gasteiger partial charge in [0, 0.05) is 43.1 Å². The first-order chi connectivity index (χ1) is 15.7. The van der Waals surface area contributed by atoms with Gasteiger partial charge < -0.3 is 9.64 Å². The Morgan fingerprint density at radius 3 is 2.25 bits per heavy atom. The number of carbonyl (C=O) groups is 1. The van der Waals surface area contributed by atoms with Crippen LogP contribution in [0.4, 0.5) is 0 Å². The Kier molecular flexibility index (Phi) is 5.59. The molecule has 0 unspecified atom stereocenters. The molecule has 0 atom stereocenters. The predicted octanol–water partition coefficient (Wildman–Crippen LogP) is 5.89. The van der Waals surface area contributed by atoms with E-state index >= 15 is 0 Å². The van der Waals surface area contributed by atoms with Crippen molar-refractivity contribution in [3.05, 3.63) is 96.2 Å². The Bertz CT molecular complexity index is 1220. The van der Waals surface area contributed by atoms with Crippen LogP contribution in [0.5, 0.6) is 5.75 Å². The zero-order valence-corrected chi connectivity index (χ0v) is 18.2. The number of ether oxygens (including phenoxy) is 1.